The number of aryl methyl sites for hydroxylation is 1. The smallest absolute Gasteiger partial charge is 0.277 e. The van der Waals surface area contributed by atoms with Crippen molar-refractivity contribution < 1.29 is 13.6 Å². The average Bonchev–Trinajstić information content (AvgIpc) is 3.01. The maximum Gasteiger partial charge on any atom is 0.277 e. The summed E-state index contributed by atoms with van der Waals surface area (Å²) in [7, 11) is 0. The largest absolute Gasteiger partial charge is 0.469 e. The van der Waals surface area contributed by atoms with Crippen LogP contribution < -0.4 is 0 Å². The van der Waals surface area contributed by atoms with Crippen molar-refractivity contribution in [3.8, 4) is 11.5 Å². The highest BCUT2D eigenvalue weighted by atomic mass is 32.2. The monoisotopic (exact) mass is 278 g/mol. The van der Waals surface area contributed by atoms with Gasteiger partial charge in [0.05, 0.1) is 17.1 Å². The maximum atomic E-state index is 11.8. The Hall–Kier alpha value is -1.56. The van der Waals surface area contributed by atoms with E-state index in [2.05, 4.69) is 10.2 Å². The Morgan fingerprint density at radius 3 is 3.00 bits per heavy atom. The molecule has 100 valence electrons. The molecule has 1 aliphatic carbocycles. The Morgan fingerprint density at radius 1 is 1.37 bits per heavy atom. The first kappa shape index (κ1) is 12.5. The molecule has 0 spiro atoms. The van der Waals surface area contributed by atoms with Gasteiger partial charge in [0.2, 0.25) is 0 Å². The van der Waals surface area contributed by atoms with Gasteiger partial charge in [-0.15, -0.1) is 10.2 Å². The minimum absolute atomic E-state index is 0.0347. The number of thioether (sulfide) groups is 1. The fraction of sp³-hybridized carbons (Fsp3) is 0.462. The standard InChI is InChI=1S/C13H14N2O3S/c1-8-9(6-7-17-8)12-14-15-13(18-12)19-11-5-3-2-4-10(11)16/h6-7,11H,2-5H2,1H3/t11-/m1/s1. The number of furan rings is 1. The van der Waals surface area contributed by atoms with E-state index in [1.54, 1.807) is 12.3 Å². The van der Waals surface area contributed by atoms with Gasteiger partial charge in [-0.25, -0.2) is 0 Å². The molecule has 0 radical (unpaired) electrons. The number of aromatic nitrogens is 2. The van der Waals surface area contributed by atoms with Crippen molar-refractivity contribution in [2.75, 3.05) is 0 Å². The highest BCUT2D eigenvalue weighted by molar-refractivity contribution is 8.00. The fourth-order valence-electron chi connectivity index (χ4n) is 2.17. The third-order valence-corrected chi connectivity index (χ3v) is 4.39. The summed E-state index contributed by atoms with van der Waals surface area (Å²) in [6, 6.07) is 1.79. The summed E-state index contributed by atoms with van der Waals surface area (Å²) in [5, 5.41) is 8.42. The first-order valence-electron chi connectivity index (χ1n) is 6.31. The number of hydrogen-bond acceptors (Lipinski definition) is 6. The van der Waals surface area contributed by atoms with Gasteiger partial charge in [0, 0.05) is 6.42 Å². The molecule has 0 saturated heterocycles. The van der Waals surface area contributed by atoms with Crippen molar-refractivity contribution in [1.29, 1.82) is 0 Å². The predicted octanol–water partition coefficient (Wildman–Crippen LogP) is 3.24. The summed E-state index contributed by atoms with van der Waals surface area (Å²) in [6.07, 6.45) is 5.24. The minimum atomic E-state index is -0.0347. The number of nitrogens with zero attached hydrogens (tertiary/aromatic N) is 2. The highest BCUT2D eigenvalue weighted by Crippen LogP contribution is 2.32. The molecule has 0 N–H and O–H groups in total. The Labute approximate surface area is 114 Å². The van der Waals surface area contributed by atoms with Gasteiger partial charge < -0.3 is 8.83 Å². The van der Waals surface area contributed by atoms with Crippen LogP contribution in [-0.4, -0.2) is 21.2 Å². The Morgan fingerprint density at radius 2 is 2.26 bits per heavy atom. The van der Waals surface area contributed by atoms with Crippen LogP contribution in [0.2, 0.25) is 0 Å². The Balaban J connectivity index is 1.75. The zero-order chi connectivity index (χ0) is 13.2. The second-order valence-corrected chi connectivity index (χ2v) is 5.74. The van der Waals surface area contributed by atoms with E-state index in [4.69, 9.17) is 8.83 Å². The second kappa shape index (κ2) is 5.21. The summed E-state index contributed by atoms with van der Waals surface area (Å²) >= 11 is 1.38. The van der Waals surface area contributed by atoms with E-state index in [0.29, 0.717) is 17.5 Å². The molecule has 1 aliphatic rings. The molecule has 5 nitrogen and oxygen atoms in total. The first-order valence-corrected chi connectivity index (χ1v) is 7.19. The normalized spacial score (nSPS) is 19.8. The van der Waals surface area contributed by atoms with Gasteiger partial charge in [-0.2, -0.15) is 0 Å². The molecule has 1 atom stereocenters. The molecule has 1 saturated carbocycles. The van der Waals surface area contributed by atoms with Gasteiger partial charge in [0.15, 0.2) is 0 Å². The number of hydrogen-bond donors (Lipinski definition) is 0. The zero-order valence-corrected chi connectivity index (χ0v) is 11.4. The molecule has 0 unspecified atom stereocenters. The van der Waals surface area contributed by atoms with E-state index in [0.717, 1.165) is 30.6 Å². The van der Waals surface area contributed by atoms with E-state index in [-0.39, 0.29) is 11.0 Å². The molecule has 6 heteroatoms. The topological polar surface area (TPSA) is 69.1 Å². The Bertz CT molecular complexity index is 590. The average molecular weight is 278 g/mol. The highest BCUT2D eigenvalue weighted by Gasteiger charge is 2.25. The number of ketones is 1. The van der Waals surface area contributed by atoms with E-state index < -0.39 is 0 Å². The molecule has 3 rings (SSSR count). The third kappa shape index (κ3) is 2.58. The molecule has 2 heterocycles. The Kier molecular flexibility index (Phi) is 3.42. The van der Waals surface area contributed by atoms with Gasteiger partial charge in [-0.1, -0.05) is 18.2 Å². The number of Topliss-reactive ketones (excluding diaryl/α,β-unsaturated/α-hetero) is 1. The van der Waals surface area contributed by atoms with E-state index in [1.807, 2.05) is 6.92 Å². The molecular weight excluding hydrogens is 264 g/mol. The quantitative estimate of drug-likeness (QED) is 0.858. The summed E-state index contributed by atoms with van der Waals surface area (Å²) in [4.78, 5) is 11.8. The van der Waals surface area contributed by atoms with Crippen LogP contribution in [0.3, 0.4) is 0 Å². The summed E-state index contributed by atoms with van der Waals surface area (Å²) in [5.74, 6) is 1.47. The van der Waals surface area contributed by atoms with Gasteiger partial charge in [0.1, 0.15) is 11.5 Å². The molecule has 19 heavy (non-hydrogen) atoms. The van der Waals surface area contributed by atoms with Crippen molar-refractivity contribution >= 4 is 17.5 Å². The van der Waals surface area contributed by atoms with Gasteiger partial charge in [-0.05, 0) is 25.8 Å². The minimum Gasteiger partial charge on any atom is -0.469 e. The van der Waals surface area contributed by atoms with Crippen LogP contribution in [0.25, 0.3) is 11.5 Å². The van der Waals surface area contributed by atoms with Crippen molar-refractivity contribution in [2.24, 2.45) is 0 Å². The zero-order valence-electron chi connectivity index (χ0n) is 10.6. The summed E-state index contributed by atoms with van der Waals surface area (Å²) < 4.78 is 10.8. The summed E-state index contributed by atoms with van der Waals surface area (Å²) in [6.45, 7) is 1.84. The van der Waals surface area contributed by atoms with Crippen LogP contribution in [0.4, 0.5) is 0 Å². The van der Waals surface area contributed by atoms with Crippen LogP contribution in [0.1, 0.15) is 31.4 Å². The molecule has 1 fully saturated rings. The van der Waals surface area contributed by atoms with E-state index in [1.165, 1.54) is 11.8 Å². The molecule has 0 aromatic carbocycles. The van der Waals surface area contributed by atoms with Crippen molar-refractivity contribution in [3.05, 3.63) is 18.1 Å². The van der Waals surface area contributed by atoms with Crippen molar-refractivity contribution in [2.45, 2.75) is 43.1 Å². The number of carbonyl (C=O) groups is 1. The van der Waals surface area contributed by atoms with Crippen LogP contribution in [0.5, 0.6) is 0 Å². The number of rotatable bonds is 3. The predicted molar refractivity (Wildman–Crippen MR) is 69.9 cm³/mol. The van der Waals surface area contributed by atoms with E-state index in [9.17, 15) is 4.79 Å². The van der Waals surface area contributed by atoms with Gasteiger partial charge >= 0.3 is 0 Å². The van der Waals surface area contributed by atoms with Crippen molar-refractivity contribution in [3.63, 3.8) is 0 Å². The van der Waals surface area contributed by atoms with E-state index >= 15 is 0 Å². The van der Waals surface area contributed by atoms with Crippen LogP contribution in [0, 0.1) is 6.92 Å². The first-order chi connectivity index (χ1) is 9.24. The number of carbonyl (C=O) groups excluding carboxylic acids is 1. The molecule has 2 aromatic rings. The second-order valence-electron chi connectivity index (χ2n) is 4.58. The molecular formula is C13H14N2O3S. The molecule has 2 aromatic heterocycles. The molecule has 0 amide bonds. The molecule has 0 bridgehead atoms. The van der Waals surface area contributed by atoms with Crippen molar-refractivity contribution in [1.82, 2.24) is 10.2 Å². The SMILES string of the molecule is Cc1occc1-c1nnc(S[C@@H]2CCCCC2=O)o1. The lowest BCUT2D eigenvalue weighted by Crippen LogP contribution is -2.21. The van der Waals surface area contributed by atoms with Crippen LogP contribution in [0.15, 0.2) is 26.4 Å². The lowest BCUT2D eigenvalue weighted by atomic mass is 9.99. The molecule has 0 aliphatic heterocycles. The van der Waals surface area contributed by atoms with Crippen LogP contribution >= 0.6 is 11.8 Å². The maximum absolute atomic E-state index is 11.8. The van der Waals surface area contributed by atoms with Crippen LogP contribution in [-0.2, 0) is 4.79 Å². The summed E-state index contributed by atoms with van der Waals surface area (Å²) in [5.41, 5.74) is 0.800. The van der Waals surface area contributed by atoms with Gasteiger partial charge in [-0.3, -0.25) is 4.79 Å². The lowest BCUT2D eigenvalue weighted by molar-refractivity contribution is -0.119. The third-order valence-electron chi connectivity index (χ3n) is 3.24. The lowest BCUT2D eigenvalue weighted by Gasteiger charge is -2.17. The van der Waals surface area contributed by atoms with Gasteiger partial charge in [0.25, 0.3) is 11.1 Å². The fourth-order valence-corrected chi connectivity index (χ4v) is 3.16.